The number of aromatic nitrogens is 3. The van der Waals surface area contributed by atoms with Crippen molar-refractivity contribution in [3.63, 3.8) is 0 Å². The second kappa shape index (κ2) is 8.23. The molecule has 0 aliphatic carbocycles. The van der Waals surface area contributed by atoms with Gasteiger partial charge in [0.25, 0.3) is 0 Å². The van der Waals surface area contributed by atoms with E-state index < -0.39 is 30.7 Å². The number of nitrogens with zero attached hydrogens (tertiary/aromatic N) is 5. The van der Waals surface area contributed by atoms with E-state index >= 15 is 4.39 Å². The average Bonchev–Trinajstić information content (AvgIpc) is 3.52. The van der Waals surface area contributed by atoms with Crippen LogP contribution in [0, 0.1) is 5.82 Å². The van der Waals surface area contributed by atoms with Crippen molar-refractivity contribution in [2.24, 2.45) is 4.99 Å². The minimum Gasteiger partial charge on any atom is -0.393 e. The summed E-state index contributed by atoms with van der Waals surface area (Å²) < 4.78 is 56.2. The van der Waals surface area contributed by atoms with Crippen LogP contribution in [0.1, 0.15) is 35.1 Å². The van der Waals surface area contributed by atoms with Gasteiger partial charge in [-0.1, -0.05) is 17.7 Å². The zero-order chi connectivity index (χ0) is 23.3. The third-order valence-corrected chi connectivity index (χ3v) is 6.72. The largest absolute Gasteiger partial charge is 0.393 e. The molecular formula is C21H16ClF4N5OS. The highest BCUT2D eigenvalue weighted by atomic mass is 35.5. The summed E-state index contributed by atoms with van der Waals surface area (Å²) in [5, 5.41) is 15.8. The van der Waals surface area contributed by atoms with E-state index in [2.05, 4.69) is 10.1 Å². The van der Waals surface area contributed by atoms with Crippen LogP contribution in [0.15, 0.2) is 52.9 Å². The number of aliphatic hydroxyl groups is 1. The number of alkyl halides is 3. The molecule has 0 amide bonds. The molecule has 0 spiro atoms. The van der Waals surface area contributed by atoms with E-state index in [1.165, 1.54) is 29.7 Å². The molecule has 0 saturated carbocycles. The Morgan fingerprint density at radius 3 is 2.79 bits per heavy atom. The van der Waals surface area contributed by atoms with Gasteiger partial charge < -0.3 is 10.0 Å². The number of aliphatic imine (C=N–C) groups is 1. The molecule has 0 bridgehead atoms. The van der Waals surface area contributed by atoms with Crippen LogP contribution in [0.4, 0.5) is 17.6 Å². The third-order valence-electron chi connectivity index (χ3n) is 5.62. The van der Waals surface area contributed by atoms with Gasteiger partial charge in [0.1, 0.15) is 11.9 Å². The Kier molecular flexibility index (Phi) is 5.50. The molecular weight excluding hydrogens is 482 g/mol. The summed E-state index contributed by atoms with van der Waals surface area (Å²) in [6.45, 7) is -3.79. The Morgan fingerprint density at radius 1 is 1.33 bits per heavy atom. The molecule has 3 aromatic rings. The molecule has 2 atom stereocenters. The maximum absolute atomic E-state index is 15.4. The van der Waals surface area contributed by atoms with Crippen molar-refractivity contribution >= 4 is 34.3 Å². The van der Waals surface area contributed by atoms with Gasteiger partial charge in [-0.25, -0.2) is 18.4 Å². The quantitative estimate of drug-likeness (QED) is 0.512. The second-order valence-corrected chi connectivity index (χ2v) is 9.08. The van der Waals surface area contributed by atoms with Gasteiger partial charge in [-0.2, -0.15) is 13.9 Å². The Balaban J connectivity index is 1.76. The summed E-state index contributed by atoms with van der Waals surface area (Å²) in [6, 6.07) is 2.95. The molecule has 6 nitrogen and oxygen atoms in total. The van der Waals surface area contributed by atoms with Gasteiger partial charge in [-0.15, -0.1) is 11.3 Å². The average molecular weight is 498 g/mol. The molecule has 0 unspecified atom stereocenters. The van der Waals surface area contributed by atoms with E-state index in [1.54, 1.807) is 16.5 Å². The lowest BCUT2D eigenvalue weighted by Gasteiger charge is -2.32. The van der Waals surface area contributed by atoms with E-state index in [1.807, 2.05) is 0 Å². The standard InChI is InChI=1S/C21H16ClF4N5OS/c22-14-5-12(23)1-2-13(14)17-16(11-7-28-31(8-11)20(24)25)15-6-21(26,10-32)9-30(15)18(29-17)19-27-3-4-33-19/h1-5,7-8,17,20,32H,6,9-10H2/t17-,21+/m0/s1. The summed E-state index contributed by atoms with van der Waals surface area (Å²) in [6.07, 6.45) is 3.80. The van der Waals surface area contributed by atoms with Crippen molar-refractivity contribution in [1.82, 2.24) is 19.7 Å². The molecule has 172 valence electrons. The topological polar surface area (TPSA) is 66.5 Å². The first-order chi connectivity index (χ1) is 15.8. The highest BCUT2D eigenvalue weighted by molar-refractivity contribution is 7.11. The monoisotopic (exact) mass is 497 g/mol. The van der Waals surface area contributed by atoms with Gasteiger partial charge in [0.05, 0.1) is 19.3 Å². The molecule has 1 fully saturated rings. The first-order valence-corrected chi connectivity index (χ1v) is 11.1. The van der Waals surface area contributed by atoms with Crippen LogP contribution >= 0.6 is 22.9 Å². The predicted octanol–water partition coefficient (Wildman–Crippen LogP) is 4.85. The summed E-state index contributed by atoms with van der Waals surface area (Å²) in [4.78, 5) is 10.7. The molecule has 5 rings (SSSR count). The number of hydrogen-bond donors (Lipinski definition) is 1. The van der Waals surface area contributed by atoms with Crippen molar-refractivity contribution in [3.8, 4) is 0 Å². The van der Waals surface area contributed by atoms with Crippen molar-refractivity contribution in [1.29, 1.82) is 0 Å². The smallest absolute Gasteiger partial charge is 0.333 e. The maximum atomic E-state index is 15.4. The highest BCUT2D eigenvalue weighted by Gasteiger charge is 2.48. The van der Waals surface area contributed by atoms with Crippen LogP contribution in [0.2, 0.25) is 5.02 Å². The van der Waals surface area contributed by atoms with Gasteiger partial charge >= 0.3 is 6.55 Å². The van der Waals surface area contributed by atoms with Crippen LogP contribution in [0.5, 0.6) is 0 Å². The molecule has 33 heavy (non-hydrogen) atoms. The minimum atomic E-state index is -2.87. The first-order valence-electron chi connectivity index (χ1n) is 9.85. The van der Waals surface area contributed by atoms with Gasteiger partial charge in [-0.3, -0.25) is 4.99 Å². The summed E-state index contributed by atoms with van der Waals surface area (Å²) in [5.41, 5.74) is -0.405. The SMILES string of the molecule is OC[C@@]1(F)CC2=C(c3cnn(C(F)F)c3)[C@H](c3ccc(F)cc3Cl)N=C(c3nccs3)N2C1. The number of rotatable bonds is 5. The fraction of sp³-hybridized carbons (Fsp3) is 0.286. The van der Waals surface area contributed by atoms with E-state index in [-0.39, 0.29) is 18.0 Å². The van der Waals surface area contributed by atoms with Crippen molar-refractivity contribution < 1.29 is 22.7 Å². The fourth-order valence-electron chi connectivity index (χ4n) is 4.15. The van der Waals surface area contributed by atoms with E-state index in [0.717, 1.165) is 12.3 Å². The van der Waals surface area contributed by atoms with E-state index in [4.69, 9.17) is 16.6 Å². The van der Waals surface area contributed by atoms with Crippen LogP contribution in [0.3, 0.4) is 0 Å². The molecule has 2 aliphatic rings. The number of thiazole rings is 1. The number of fused-ring (bicyclic) bond motifs is 1. The van der Waals surface area contributed by atoms with E-state index in [0.29, 0.717) is 37.9 Å². The van der Waals surface area contributed by atoms with Crippen LogP contribution < -0.4 is 0 Å². The lowest BCUT2D eigenvalue weighted by atomic mass is 9.90. The Hall–Kier alpha value is -2.76. The van der Waals surface area contributed by atoms with Crippen LogP contribution in [-0.2, 0) is 0 Å². The number of allylic oxidation sites excluding steroid dienone is 1. The predicted molar refractivity (Wildman–Crippen MR) is 115 cm³/mol. The Morgan fingerprint density at radius 2 is 2.15 bits per heavy atom. The summed E-state index contributed by atoms with van der Waals surface area (Å²) in [7, 11) is 0. The second-order valence-electron chi connectivity index (χ2n) is 7.78. The van der Waals surface area contributed by atoms with Crippen LogP contribution in [-0.4, -0.2) is 49.4 Å². The molecule has 1 saturated heterocycles. The van der Waals surface area contributed by atoms with Gasteiger partial charge in [0.15, 0.2) is 16.5 Å². The number of aliphatic hydroxyl groups excluding tert-OH is 1. The number of halogens is 5. The lowest BCUT2D eigenvalue weighted by Crippen LogP contribution is -2.37. The highest BCUT2D eigenvalue weighted by Crippen LogP contribution is 2.49. The Bertz CT molecular complexity index is 1260. The normalized spacial score (nSPS) is 22.8. The van der Waals surface area contributed by atoms with Gasteiger partial charge in [-0.05, 0) is 17.7 Å². The molecule has 2 aliphatic heterocycles. The molecule has 12 heteroatoms. The molecule has 1 N–H and O–H groups in total. The van der Waals surface area contributed by atoms with Crippen molar-refractivity contribution in [2.75, 3.05) is 13.2 Å². The number of amidine groups is 1. The molecule has 2 aromatic heterocycles. The van der Waals surface area contributed by atoms with E-state index in [9.17, 15) is 18.3 Å². The zero-order valence-corrected chi connectivity index (χ0v) is 18.4. The lowest BCUT2D eigenvalue weighted by molar-refractivity contribution is 0.0566. The summed E-state index contributed by atoms with van der Waals surface area (Å²) in [5.74, 6) is -0.183. The molecule has 0 radical (unpaired) electrons. The maximum Gasteiger partial charge on any atom is 0.333 e. The first kappa shape index (κ1) is 22.1. The van der Waals surface area contributed by atoms with Crippen molar-refractivity contribution in [3.05, 3.63) is 74.8 Å². The van der Waals surface area contributed by atoms with Gasteiger partial charge in [0.2, 0.25) is 0 Å². The number of benzene rings is 1. The van der Waals surface area contributed by atoms with Crippen LogP contribution in [0.25, 0.3) is 5.57 Å². The Labute approximate surface area is 194 Å². The molecule has 4 heterocycles. The zero-order valence-electron chi connectivity index (χ0n) is 16.8. The molecule has 1 aromatic carbocycles. The minimum absolute atomic E-state index is 0.0849. The number of hydrogen-bond acceptors (Lipinski definition) is 6. The summed E-state index contributed by atoms with van der Waals surface area (Å²) >= 11 is 7.65. The fourth-order valence-corrected chi connectivity index (χ4v) is 5.07. The van der Waals surface area contributed by atoms with Crippen molar-refractivity contribution in [2.45, 2.75) is 24.7 Å². The third kappa shape index (κ3) is 3.83. The van der Waals surface area contributed by atoms with Gasteiger partial charge in [0, 0.05) is 46.1 Å².